The molecule has 0 bridgehead atoms. The average Bonchev–Trinajstić information content (AvgIpc) is 2.82. The van der Waals surface area contributed by atoms with E-state index >= 15 is 0 Å². The van der Waals surface area contributed by atoms with Gasteiger partial charge in [0.15, 0.2) is 0 Å². The zero-order valence-corrected chi connectivity index (χ0v) is 14.5. The second-order valence-corrected chi connectivity index (χ2v) is 8.47. The fourth-order valence-electron chi connectivity index (χ4n) is 2.66. The molecule has 0 aliphatic carbocycles. The fraction of sp³-hybridized carbons (Fsp3) is 0.714. The fourth-order valence-corrected chi connectivity index (χ4v) is 5.74. The van der Waals surface area contributed by atoms with E-state index in [1.54, 1.807) is 21.7 Å². The van der Waals surface area contributed by atoms with Gasteiger partial charge < -0.3 is 10.1 Å². The first-order valence-electron chi connectivity index (χ1n) is 7.34. The number of hydrogen-bond acceptors (Lipinski definition) is 5. The molecule has 1 N–H and O–H groups in total. The second-order valence-electron chi connectivity index (χ2n) is 5.22. The van der Waals surface area contributed by atoms with Gasteiger partial charge in [0.1, 0.15) is 0 Å². The molecule has 1 aromatic heterocycles. The molecule has 0 unspecified atom stereocenters. The maximum atomic E-state index is 12.8. The van der Waals surface area contributed by atoms with Crippen LogP contribution < -0.4 is 5.32 Å². The van der Waals surface area contributed by atoms with Gasteiger partial charge >= 0.3 is 0 Å². The quantitative estimate of drug-likeness (QED) is 0.865. The monoisotopic (exact) mass is 332 g/mol. The summed E-state index contributed by atoms with van der Waals surface area (Å²) in [5.74, 6) is 0. The third kappa shape index (κ3) is 3.84. The molecule has 2 rings (SSSR count). The highest BCUT2D eigenvalue weighted by molar-refractivity contribution is 7.89. The Bertz CT molecular complexity index is 561. The smallest absolute Gasteiger partial charge is 0.244 e. The van der Waals surface area contributed by atoms with Gasteiger partial charge in [-0.3, -0.25) is 0 Å². The Morgan fingerprint density at radius 3 is 2.67 bits per heavy atom. The summed E-state index contributed by atoms with van der Waals surface area (Å²) >= 11 is 1.55. The van der Waals surface area contributed by atoms with Crippen LogP contribution in [-0.4, -0.2) is 45.6 Å². The molecule has 1 aliphatic heterocycles. The van der Waals surface area contributed by atoms with Gasteiger partial charge in [0, 0.05) is 36.0 Å². The van der Waals surface area contributed by atoms with Gasteiger partial charge in [0.2, 0.25) is 10.0 Å². The maximum Gasteiger partial charge on any atom is 0.244 e. The summed E-state index contributed by atoms with van der Waals surface area (Å²) in [5, 5.41) is 3.06. The van der Waals surface area contributed by atoms with Crippen LogP contribution in [0.5, 0.6) is 0 Å². The third-order valence-electron chi connectivity index (χ3n) is 3.70. The van der Waals surface area contributed by atoms with Crippen LogP contribution in [0.15, 0.2) is 11.0 Å². The van der Waals surface area contributed by atoms with Crippen molar-refractivity contribution in [3.63, 3.8) is 0 Å². The Balaban J connectivity index is 2.12. The van der Waals surface area contributed by atoms with E-state index in [1.165, 1.54) is 0 Å². The van der Waals surface area contributed by atoms with Crippen LogP contribution >= 0.6 is 11.3 Å². The summed E-state index contributed by atoms with van der Waals surface area (Å²) in [6, 6.07) is 1.81. The minimum atomic E-state index is -3.37. The first-order chi connectivity index (χ1) is 9.98. The number of aryl methyl sites for hydroxylation is 1. The van der Waals surface area contributed by atoms with Gasteiger partial charge in [-0.15, -0.1) is 11.3 Å². The number of rotatable bonds is 6. The lowest BCUT2D eigenvalue weighted by molar-refractivity contribution is 0.0290. The van der Waals surface area contributed by atoms with Crippen molar-refractivity contribution in [1.29, 1.82) is 0 Å². The molecule has 0 saturated carbocycles. The highest BCUT2D eigenvalue weighted by Crippen LogP contribution is 2.30. The lowest BCUT2D eigenvalue weighted by atomic mass is 10.1. The number of ether oxygens (including phenoxy) is 1. The lowest BCUT2D eigenvalue weighted by Crippen LogP contribution is -2.40. The van der Waals surface area contributed by atoms with Crippen molar-refractivity contribution in [2.45, 2.75) is 44.2 Å². The molecule has 0 aromatic carbocycles. The molecule has 120 valence electrons. The van der Waals surface area contributed by atoms with Crippen LogP contribution in [0, 0.1) is 6.92 Å². The minimum Gasteiger partial charge on any atom is -0.378 e. The number of nitrogens with zero attached hydrogens (tertiary/aromatic N) is 1. The SMILES string of the molecule is CCOC1CCN(S(=O)(=O)c2cc(CNC)sc2C)CC1. The predicted octanol–water partition coefficient (Wildman–Crippen LogP) is 1.97. The molecule has 0 radical (unpaired) electrons. The van der Waals surface area contributed by atoms with Crippen LogP contribution in [0.4, 0.5) is 0 Å². The van der Waals surface area contributed by atoms with Gasteiger partial charge in [-0.1, -0.05) is 0 Å². The van der Waals surface area contributed by atoms with Crippen molar-refractivity contribution in [2.75, 3.05) is 26.7 Å². The van der Waals surface area contributed by atoms with Crippen molar-refractivity contribution in [3.05, 3.63) is 15.8 Å². The molecular formula is C14H24N2O3S2. The van der Waals surface area contributed by atoms with E-state index in [1.807, 2.05) is 20.9 Å². The summed E-state index contributed by atoms with van der Waals surface area (Å²) in [6.45, 7) is 6.33. The summed E-state index contributed by atoms with van der Waals surface area (Å²) in [6.07, 6.45) is 1.75. The first-order valence-corrected chi connectivity index (χ1v) is 9.60. The van der Waals surface area contributed by atoms with Crippen LogP contribution in [0.2, 0.25) is 0 Å². The average molecular weight is 332 g/mol. The molecule has 5 nitrogen and oxygen atoms in total. The zero-order chi connectivity index (χ0) is 15.5. The van der Waals surface area contributed by atoms with E-state index in [9.17, 15) is 8.42 Å². The normalized spacial score (nSPS) is 18.2. The lowest BCUT2D eigenvalue weighted by Gasteiger charge is -2.30. The highest BCUT2D eigenvalue weighted by Gasteiger charge is 2.31. The Morgan fingerprint density at radius 1 is 1.43 bits per heavy atom. The maximum absolute atomic E-state index is 12.8. The standard InChI is InChI=1S/C14H24N2O3S2/c1-4-19-12-5-7-16(8-6-12)21(17,18)14-9-13(10-15-3)20-11(14)2/h9,12,15H,4-8,10H2,1-3H3. The number of sulfonamides is 1. The molecule has 21 heavy (non-hydrogen) atoms. The molecule has 2 heterocycles. The Hall–Kier alpha value is -0.470. The molecule has 1 aromatic rings. The summed E-state index contributed by atoms with van der Waals surface area (Å²) in [4.78, 5) is 2.39. The van der Waals surface area contributed by atoms with Gasteiger partial charge in [0.05, 0.1) is 11.0 Å². The van der Waals surface area contributed by atoms with E-state index in [0.29, 0.717) is 31.1 Å². The van der Waals surface area contributed by atoms with Crippen LogP contribution in [0.1, 0.15) is 29.5 Å². The number of nitrogens with one attached hydrogen (secondary N) is 1. The van der Waals surface area contributed by atoms with E-state index in [0.717, 1.165) is 22.6 Å². The molecule has 0 amide bonds. The van der Waals surface area contributed by atoms with Gasteiger partial charge in [-0.05, 0) is 39.8 Å². The Kier molecular flexibility index (Phi) is 5.79. The van der Waals surface area contributed by atoms with Crippen LogP contribution in [-0.2, 0) is 21.3 Å². The predicted molar refractivity (Wildman–Crippen MR) is 85.2 cm³/mol. The first kappa shape index (κ1) is 16.9. The van der Waals surface area contributed by atoms with E-state index in [4.69, 9.17) is 4.74 Å². The molecule has 0 atom stereocenters. The van der Waals surface area contributed by atoms with E-state index < -0.39 is 10.0 Å². The molecule has 1 aliphatic rings. The van der Waals surface area contributed by atoms with Crippen LogP contribution in [0.25, 0.3) is 0 Å². The van der Waals surface area contributed by atoms with Crippen molar-refractivity contribution < 1.29 is 13.2 Å². The van der Waals surface area contributed by atoms with E-state index in [-0.39, 0.29) is 6.10 Å². The minimum absolute atomic E-state index is 0.199. The molecule has 7 heteroatoms. The van der Waals surface area contributed by atoms with Crippen molar-refractivity contribution in [3.8, 4) is 0 Å². The Labute approximate surface area is 131 Å². The topological polar surface area (TPSA) is 58.6 Å². The number of hydrogen-bond donors (Lipinski definition) is 1. The third-order valence-corrected chi connectivity index (χ3v) is 6.90. The highest BCUT2D eigenvalue weighted by atomic mass is 32.2. The number of piperidine rings is 1. The van der Waals surface area contributed by atoms with Crippen molar-refractivity contribution >= 4 is 21.4 Å². The summed E-state index contributed by atoms with van der Waals surface area (Å²) < 4.78 is 32.7. The molecule has 1 saturated heterocycles. The zero-order valence-electron chi connectivity index (χ0n) is 12.9. The largest absolute Gasteiger partial charge is 0.378 e. The van der Waals surface area contributed by atoms with Crippen molar-refractivity contribution in [2.24, 2.45) is 0 Å². The van der Waals surface area contributed by atoms with Crippen molar-refractivity contribution in [1.82, 2.24) is 9.62 Å². The molecule has 1 fully saturated rings. The Morgan fingerprint density at radius 2 is 2.10 bits per heavy atom. The van der Waals surface area contributed by atoms with Gasteiger partial charge in [-0.25, -0.2) is 8.42 Å². The van der Waals surface area contributed by atoms with Gasteiger partial charge in [-0.2, -0.15) is 4.31 Å². The summed E-state index contributed by atoms with van der Waals surface area (Å²) in [7, 11) is -1.51. The number of thiophene rings is 1. The van der Waals surface area contributed by atoms with Crippen LogP contribution in [0.3, 0.4) is 0 Å². The summed E-state index contributed by atoms with van der Waals surface area (Å²) in [5.41, 5.74) is 0. The molecule has 0 spiro atoms. The second kappa shape index (κ2) is 7.19. The molecular weight excluding hydrogens is 308 g/mol. The van der Waals surface area contributed by atoms with E-state index in [2.05, 4.69) is 5.32 Å². The van der Waals surface area contributed by atoms with Gasteiger partial charge in [0.25, 0.3) is 0 Å².